The molecule has 1 aliphatic heterocycles. The molecule has 34 heavy (non-hydrogen) atoms. The molecule has 0 aromatic carbocycles. The number of rotatable bonds is 7. The molecule has 4 aliphatic carbocycles. The molecule has 0 aromatic rings. The molecule has 0 bridgehead atoms. The summed E-state index contributed by atoms with van der Waals surface area (Å²) in [6.07, 6.45) is 13.7. The fourth-order valence-electron chi connectivity index (χ4n) is 10.5. The maximum absolute atomic E-state index is 11.7. The summed E-state index contributed by atoms with van der Waals surface area (Å²) in [5, 5.41) is 0. The second kappa shape index (κ2) is 8.64. The Morgan fingerprint density at radius 2 is 1.79 bits per heavy atom. The Kier molecular flexibility index (Phi) is 6.45. The Morgan fingerprint density at radius 3 is 2.47 bits per heavy atom. The highest BCUT2D eigenvalue weighted by Crippen LogP contribution is 2.78. The van der Waals surface area contributed by atoms with Gasteiger partial charge in [0.15, 0.2) is 0 Å². The Hall–Kier alpha value is -0.280. The van der Waals surface area contributed by atoms with E-state index in [1.54, 1.807) is 0 Å². The number of carbonyl (C=O) groups excluding carboxylic acids is 1. The first-order valence-electron chi connectivity index (χ1n) is 14.5. The third kappa shape index (κ3) is 3.56. The van der Waals surface area contributed by atoms with E-state index in [1.165, 1.54) is 51.9 Å². The fraction of sp³-hybridized carbons (Fsp3) is 0.967. The van der Waals surface area contributed by atoms with E-state index >= 15 is 0 Å². The minimum Gasteiger partial charge on any atom is -0.462 e. The number of fused-ring (bicyclic) bond motifs is 4. The van der Waals surface area contributed by atoms with E-state index in [-0.39, 0.29) is 28.7 Å². The van der Waals surface area contributed by atoms with Crippen LogP contribution in [0.15, 0.2) is 0 Å². The predicted octanol–water partition coefficient (Wildman–Crippen LogP) is 7.78. The Balaban J connectivity index is 1.37. The summed E-state index contributed by atoms with van der Waals surface area (Å²) < 4.78 is 12.5. The number of alkyl halides is 1. The van der Waals surface area contributed by atoms with Gasteiger partial charge in [0.1, 0.15) is 17.3 Å². The van der Waals surface area contributed by atoms with E-state index < -0.39 is 0 Å². The Morgan fingerprint density at radius 1 is 1.03 bits per heavy atom. The first-order valence-corrected chi connectivity index (χ1v) is 15.0. The largest absolute Gasteiger partial charge is 0.462 e. The van der Waals surface area contributed by atoms with Crippen LogP contribution in [-0.2, 0) is 14.3 Å². The molecule has 5 rings (SSSR count). The smallest absolute Gasteiger partial charge is 0.302 e. The lowest BCUT2D eigenvalue weighted by Gasteiger charge is -2.61. The van der Waals surface area contributed by atoms with E-state index in [0.29, 0.717) is 11.3 Å². The van der Waals surface area contributed by atoms with Crippen LogP contribution in [0.25, 0.3) is 0 Å². The van der Waals surface area contributed by atoms with Gasteiger partial charge in [0.2, 0.25) is 0 Å². The highest BCUT2D eigenvalue weighted by Gasteiger charge is 2.83. The molecule has 3 nitrogen and oxygen atoms in total. The normalized spacial score (nSPS) is 50.1. The predicted molar refractivity (Wildman–Crippen MR) is 138 cm³/mol. The number of ether oxygens (including phenoxy) is 2. The first kappa shape index (κ1) is 25.4. The number of hydrogen-bond acceptors (Lipinski definition) is 3. The molecule has 5 fully saturated rings. The maximum atomic E-state index is 11.7. The lowest BCUT2D eigenvalue weighted by molar-refractivity contribution is -0.158. The molecule has 1 saturated heterocycles. The van der Waals surface area contributed by atoms with Gasteiger partial charge in [0, 0.05) is 18.8 Å². The zero-order chi connectivity index (χ0) is 24.5. The van der Waals surface area contributed by atoms with Gasteiger partial charge in [-0.1, -0.05) is 53.9 Å². The first-order chi connectivity index (χ1) is 16.0. The lowest BCUT2D eigenvalue weighted by Crippen LogP contribution is -2.61. The van der Waals surface area contributed by atoms with Crippen LogP contribution in [0.2, 0.25) is 0 Å². The third-order valence-corrected chi connectivity index (χ3v) is 12.5. The van der Waals surface area contributed by atoms with Gasteiger partial charge < -0.3 is 9.47 Å². The summed E-state index contributed by atoms with van der Waals surface area (Å²) in [5.74, 6) is 5.21. The van der Waals surface area contributed by atoms with E-state index in [1.807, 2.05) is 0 Å². The fourth-order valence-corrected chi connectivity index (χ4v) is 10.9. The standard InChI is InChI=1S/C30H49ClO3/c1-19(2)8-7-9-20(3)24-10-11-25-23-17-29(18-31)30(34-29)16-22(33-21(4)32)12-15-28(30,6)26(23)13-14-27(24,25)5/h19-20,22-26H,7-18H2,1-6H3/t20-,22+,23+,24-,25+,26+,27-,28-,29+,30-/m1/s1. The molecule has 4 saturated carbocycles. The summed E-state index contributed by atoms with van der Waals surface area (Å²) >= 11 is 6.73. The van der Waals surface area contributed by atoms with E-state index in [2.05, 4.69) is 34.6 Å². The van der Waals surface area contributed by atoms with Crippen LogP contribution >= 0.6 is 11.6 Å². The minimum atomic E-state index is -0.206. The van der Waals surface area contributed by atoms with Crippen molar-refractivity contribution >= 4 is 17.6 Å². The highest BCUT2D eigenvalue weighted by atomic mass is 35.5. The summed E-state index contributed by atoms with van der Waals surface area (Å²) in [4.78, 5) is 11.7. The molecular weight excluding hydrogens is 444 g/mol. The summed E-state index contributed by atoms with van der Waals surface area (Å²) in [6, 6.07) is 0. The van der Waals surface area contributed by atoms with Gasteiger partial charge in [-0.3, -0.25) is 4.79 Å². The molecule has 0 amide bonds. The monoisotopic (exact) mass is 492 g/mol. The quantitative estimate of drug-likeness (QED) is 0.207. The number of carbonyl (C=O) groups is 1. The third-order valence-electron chi connectivity index (χ3n) is 12.1. The van der Waals surface area contributed by atoms with Crippen LogP contribution in [0.5, 0.6) is 0 Å². The SMILES string of the molecule is CC(=O)O[C@H]1CC[C@]2(C)[C@H]3CC[C@]4(C)[C@@H]([C@H](C)CCCC(C)C)CC[C@H]4[C@@H]3C[C@@]3(CCl)O[C@@]32C1. The summed E-state index contributed by atoms with van der Waals surface area (Å²) in [5.41, 5.74) is 0.246. The number of esters is 1. The van der Waals surface area contributed by atoms with E-state index in [4.69, 9.17) is 21.1 Å². The van der Waals surface area contributed by atoms with Gasteiger partial charge in [-0.2, -0.15) is 0 Å². The van der Waals surface area contributed by atoms with Crippen LogP contribution < -0.4 is 0 Å². The van der Waals surface area contributed by atoms with Crippen molar-refractivity contribution in [1.82, 2.24) is 0 Å². The summed E-state index contributed by atoms with van der Waals surface area (Å²) in [6.45, 7) is 14.0. The second-order valence-electron chi connectivity index (χ2n) is 14.1. The number of epoxide rings is 1. The molecule has 1 spiro atoms. The van der Waals surface area contributed by atoms with Gasteiger partial charge in [-0.05, 0) is 85.9 Å². The molecular formula is C30H49ClO3. The van der Waals surface area contributed by atoms with Crippen LogP contribution in [0.3, 0.4) is 0 Å². The average Bonchev–Trinajstić information content (AvgIpc) is 3.26. The van der Waals surface area contributed by atoms with Crippen LogP contribution in [0.4, 0.5) is 0 Å². The second-order valence-corrected chi connectivity index (χ2v) is 14.3. The topological polar surface area (TPSA) is 38.8 Å². The average molecular weight is 493 g/mol. The summed E-state index contributed by atoms with van der Waals surface area (Å²) in [7, 11) is 0. The highest BCUT2D eigenvalue weighted by molar-refractivity contribution is 6.19. The lowest BCUT2D eigenvalue weighted by atomic mass is 9.42. The van der Waals surface area contributed by atoms with Gasteiger partial charge >= 0.3 is 5.97 Å². The van der Waals surface area contributed by atoms with E-state index in [9.17, 15) is 4.79 Å². The van der Waals surface area contributed by atoms with Crippen molar-refractivity contribution in [2.45, 2.75) is 129 Å². The molecule has 0 unspecified atom stereocenters. The number of hydrogen-bond donors (Lipinski definition) is 0. The molecule has 0 aromatic heterocycles. The Labute approximate surface area is 213 Å². The van der Waals surface area contributed by atoms with Crippen molar-refractivity contribution in [3.05, 3.63) is 0 Å². The van der Waals surface area contributed by atoms with Crippen LogP contribution in [0.1, 0.15) is 112 Å². The molecule has 194 valence electrons. The molecule has 0 radical (unpaired) electrons. The van der Waals surface area contributed by atoms with Crippen molar-refractivity contribution in [3.8, 4) is 0 Å². The van der Waals surface area contributed by atoms with Crippen LogP contribution in [-0.4, -0.2) is 29.2 Å². The van der Waals surface area contributed by atoms with E-state index in [0.717, 1.165) is 61.2 Å². The van der Waals surface area contributed by atoms with Gasteiger partial charge in [0.25, 0.3) is 0 Å². The van der Waals surface area contributed by atoms with Crippen molar-refractivity contribution in [3.63, 3.8) is 0 Å². The molecule has 1 heterocycles. The van der Waals surface area contributed by atoms with Crippen LogP contribution in [0, 0.1) is 46.3 Å². The van der Waals surface area contributed by atoms with Crippen molar-refractivity contribution in [2.75, 3.05) is 5.88 Å². The molecule has 5 aliphatic rings. The maximum Gasteiger partial charge on any atom is 0.302 e. The zero-order valence-electron chi connectivity index (χ0n) is 22.6. The van der Waals surface area contributed by atoms with Gasteiger partial charge in [-0.25, -0.2) is 0 Å². The molecule has 10 atom stereocenters. The van der Waals surface area contributed by atoms with Gasteiger partial charge in [0.05, 0.1) is 5.88 Å². The number of halogens is 1. The van der Waals surface area contributed by atoms with Gasteiger partial charge in [-0.15, -0.1) is 11.6 Å². The molecule has 4 heteroatoms. The van der Waals surface area contributed by atoms with Crippen molar-refractivity contribution < 1.29 is 14.3 Å². The zero-order valence-corrected chi connectivity index (χ0v) is 23.4. The Bertz CT molecular complexity index is 798. The van der Waals surface area contributed by atoms with Crippen molar-refractivity contribution in [1.29, 1.82) is 0 Å². The minimum absolute atomic E-state index is 0.0105. The molecule has 0 N–H and O–H groups in total. The van der Waals surface area contributed by atoms with Crippen molar-refractivity contribution in [2.24, 2.45) is 46.3 Å².